The van der Waals surface area contributed by atoms with E-state index in [1.54, 1.807) is 0 Å². The lowest BCUT2D eigenvalue weighted by Gasteiger charge is -2.02. The van der Waals surface area contributed by atoms with Gasteiger partial charge in [-0.3, -0.25) is 9.48 Å². The van der Waals surface area contributed by atoms with Crippen molar-refractivity contribution in [2.45, 2.75) is 38.9 Å². The normalized spacial score (nSPS) is 14.2. The molecule has 25 heavy (non-hydrogen) atoms. The summed E-state index contributed by atoms with van der Waals surface area (Å²) in [6.07, 6.45) is 6.08. The Morgan fingerprint density at radius 3 is 3.20 bits per heavy atom. The van der Waals surface area contributed by atoms with Crippen molar-refractivity contribution in [3.8, 4) is 0 Å². The highest BCUT2D eigenvalue weighted by Crippen LogP contribution is 2.09. The van der Waals surface area contributed by atoms with E-state index in [0.29, 0.717) is 19.4 Å². The quantitative estimate of drug-likeness (QED) is 0.735. The van der Waals surface area contributed by atoms with E-state index in [1.807, 2.05) is 39.7 Å². The Kier molecular flexibility index (Phi) is 4.47. The van der Waals surface area contributed by atoms with Crippen LogP contribution in [-0.4, -0.2) is 31.6 Å². The molecule has 2 N–H and O–H groups in total. The van der Waals surface area contributed by atoms with E-state index < -0.39 is 0 Å². The lowest BCUT2D eigenvalue weighted by Crippen LogP contribution is -2.23. The predicted molar refractivity (Wildman–Crippen MR) is 93.9 cm³/mol. The van der Waals surface area contributed by atoms with Crippen molar-refractivity contribution < 1.29 is 4.79 Å². The average molecular weight is 338 g/mol. The molecule has 4 heterocycles. The first-order valence-corrected chi connectivity index (χ1v) is 8.73. The maximum atomic E-state index is 12.1. The fraction of sp³-hybridized carbons (Fsp3) is 0.389. The number of pyridine rings is 1. The van der Waals surface area contributed by atoms with Gasteiger partial charge in [-0.2, -0.15) is 5.10 Å². The second-order valence-electron chi connectivity index (χ2n) is 6.36. The minimum atomic E-state index is 0.0263. The molecule has 0 aromatic carbocycles. The molecule has 0 bridgehead atoms. The van der Waals surface area contributed by atoms with Crippen LogP contribution >= 0.6 is 0 Å². The van der Waals surface area contributed by atoms with Crippen LogP contribution in [-0.2, 0) is 30.8 Å². The fourth-order valence-electron chi connectivity index (χ4n) is 3.13. The molecule has 1 aliphatic heterocycles. The second-order valence-corrected chi connectivity index (χ2v) is 6.36. The number of hydrogen-bond donors (Lipinski definition) is 2. The SMILES string of the molecule is O=C(CCc1cn2ccccc2n1)NCc1cc2n(n1)CCCNC2. The summed E-state index contributed by atoms with van der Waals surface area (Å²) in [6.45, 7) is 3.28. The van der Waals surface area contributed by atoms with E-state index in [1.165, 1.54) is 5.69 Å². The third kappa shape index (κ3) is 3.71. The van der Waals surface area contributed by atoms with Gasteiger partial charge in [-0.25, -0.2) is 4.98 Å². The van der Waals surface area contributed by atoms with Gasteiger partial charge < -0.3 is 15.0 Å². The summed E-state index contributed by atoms with van der Waals surface area (Å²) in [4.78, 5) is 16.6. The molecule has 0 aliphatic carbocycles. The maximum absolute atomic E-state index is 12.1. The molecule has 0 radical (unpaired) electrons. The summed E-state index contributed by atoms with van der Waals surface area (Å²) >= 11 is 0. The molecule has 0 spiro atoms. The molecule has 3 aromatic rings. The van der Waals surface area contributed by atoms with Crippen LogP contribution < -0.4 is 10.6 Å². The van der Waals surface area contributed by atoms with Crippen LogP contribution in [0.1, 0.15) is 29.9 Å². The smallest absolute Gasteiger partial charge is 0.220 e. The molecular formula is C18H22N6O. The Labute approximate surface area is 146 Å². The van der Waals surface area contributed by atoms with Crippen LogP contribution in [0, 0.1) is 0 Å². The number of hydrogen-bond acceptors (Lipinski definition) is 4. The van der Waals surface area contributed by atoms with Crippen molar-refractivity contribution in [1.82, 2.24) is 29.8 Å². The van der Waals surface area contributed by atoms with Crippen LogP contribution in [0.3, 0.4) is 0 Å². The number of aromatic nitrogens is 4. The topological polar surface area (TPSA) is 76.2 Å². The molecule has 3 aromatic heterocycles. The van der Waals surface area contributed by atoms with Crippen molar-refractivity contribution in [2.75, 3.05) is 6.54 Å². The van der Waals surface area contributed by atoms with E-state index in [0.717, 1.165) is 43.1 Å². The highest BCUT2D eigenvalue weighted by atomic mass is 16.1. The van der Waals surface area contributed by atoms with Gasteiger partial charge in [0.15, 0.2) is 0 Å². The zero-order valence-corrected chi connectivity index (χ0v) is 14.1. The molecule has 130 valence electrons. The molecule has 7 nitrogen and oxygen atoms in total. The summed E-state index contributed by atoms with van der Waals surface area (Å²) in [6, 6.07) is 7.95. The Balaban J connectivity index is 1.29. The van der Waals surface area contributed by atoms with Crippen molar-refractivity contribution >= 4 is 11.6 Å². The number of carbonyl (C=O) groups excluding carboxylic acids is 1. The van der Waals surface area contributed by atoms with E-state index in [9.17, 15) is 4.79 Å². The number of aryl methyl sites for hydroxylation is 2. The van der Waals surface area contributed by atoms with Crippen LogP contribution in [0.4, 0.5) is 0 Å². The van der Waals surface area contributed by atoms with Gasteiger partial charge in [0.25, 0.3) is 0 Å². The van der Waals surface area contributed by atoms with Crippen molar-refractivity contribution in [3.63, 3.8) is 0 Å². The predicted octanol–water partition coefficient (Wildman–Crippen LogP) is 1.27. The van der Waals surface area contributed by atoms with Crippen molar-refractivity contribution in [3.05, 3.63) is 53.7 Å². The minimum absolute atomic E-state index is 0.0263. The molecular weight excluding hydrogens is 316 g/mol. The third-order valence-electron chi connectivity index (χ3n) is 4.43. The molecule has 1 amide bonds. The summed E-state index contributed by atoms with van der Waals surface area (Å²) in [7, 11) is 0. The summed E-state index contributed by atoms with van der Waals surface area (Å²) < 4.78 is 4.01. The third-order valence-corrected chi connectivity index (χ3v) is 4.43. The molecule has 4 rings (SSSR count). The fourth-order valence-corrected chi connectivity index (χ4v) is 3.13. The largest absolute Gasteiger partial charge is 0.350 e. The van der Waals surface area contributed by atoms with Gasteiger partial charge in [-0.15, -0.1) is 0 Å². The standard InChI is InChI=1S/C18H22N6O/c25-18(6-5-14-13-23-8-2-1-4-17(23)21-14)20-11-15-10-16-12-19-7-3-9-24(16)22-15/h1-2,4,8,10,13,19H,3,5-7,9,11-12H2,(H,20,25). The number of amides is 1. The molecule has 7 heteroatoms. The molecule has 1 aliphatic rings. The Bertz CT molecular complexity index is 824. The Morgan fingerprint density at radius 1 is 1.32 bits per heavy atom. The molecule has 0 atom stereocenters. The Morgan fingerprint density at radius 2 is 2.28 bits per heavy atom. The van der Waals surface area contributed by atoms with E-state index in [-0.39, 0.29) is 5.91 Å². The van der Waals surface area contributed by atoms with Crippen LogP contribution in [0.25, 0.3) is 5.65 Å². The lowest BCUT2D eigenvalue weighted by molar-refractivity contribution is -0.121. The molecule has 0 unspecified atom stereocenters. The van der Waals surface area contributed by atoms with Gasteiger partial charge in [0.05, 0.1) is 23.6 Å². The summed E-state index contributed by atoms with van der Waals surface area (Å²) in [5.74, 6) is 0.0263. The zero-order chi connectivity index (χ0) is 17.1. The van der Waals surface area contributed by atoms with Gasteiger partial charge in [-0.05, 0) is 37.6 Å². The van der Waals surface area contributed by atoms with E-state index in [2.05, 4.69) is 26.8 Å². The number of nitrogens with zero attached hydrogens (tertiary/aromatic N) is 4. The first-order chi connectivity index (χ1) is 12.3. The summed E-state index contributed by atoms with van der Waals surface area (Å²) in [5, 5.41) is 10.9. The van der Waals surface area contributed by atoms with Gasteiger partial charge >= 0.3 is 0 Å². The van der Waals surface area contributed by atoms with Gasteiger partial charge in [0, 0.05) is 31.9 Å². The maximum Gasteiger partial charge on any atom is 0.220 e. The summed E-state index contributed by atoms with van der Waals surface area (Å²) in [5.41, 5.74) is 3.94. The number of fused-ring (bicyclic) bond motifs is 2. The monoisotopic (exact) mass is 338 g/mol. The van der Waals surface area contributed by atoms with E-state index >= 15 is 0 Å². The Hall–Kier alpha value is -2.67. The lowest BCUT2D eigenvalue weighted by atomic mass is 10.2. The molecule has 0 saturated carbocycles. The molecule has 0 fully saturated rings. The first-order valence-electron chi connectivity index (χ1n) is 8.73. The second kappa shape index (κ2) is 7.06. The minimum Gasteiger partial charge on any atom is -0.350 e. The average Bonchev–Trinajstić information content (AvgIpc) is 3.15. The van der Waals surface area contributed by atoms with Crippen LogP contribution in [0.15, 0.2) is 36.7 Å². The highest BCUT2D eigenvalue weighted by Gasteiger charge is 2.11. The highest BCUT2D eigenvalue weighted by molar-refractivity contribution is 5.76. The van der Waals surface area contributed by atoms with Crippen molar-refractivity contribution in [1.29, 1.82) is 0 Å². The van der Waals surface area contributed by atoms with Crippen molar-refractivity contribution in [2.24, 2.45) is 0 Å². The van der Waals surface area contributed by atoms with Gasteiger partial charge in [0.2, 0.25) is 5.91 Å². The number of nitrogens with one attached hydrogen (secondary N) is 2. The van der Waals surface area contributed by atoms with Gasteiger partial charge in [-0.1, -0.05) is 6.07 Å². The van der Waals surface area contributed by atoms with Gasteiger partial charge in [0.1, 0.15) is 5.65 Å². The molecule has 0 saturated heterocycles. The zero-order valence-electron chi connectivity index (χ0n) is 14.1. The first kappa shape index (κ1) is 15.8. The number of rotatable bonds is 5. The van der Waals surface area contributed by atoms with E-state index in [4.69, 9.17) is 0 Å². The number of imidazole rings is 1. The van der Waals surface area contributed by atoms with Crippen LogP contribution in [0.2, 0.25) is 0 Å². The number of carbonyl (C=O) groups is 1. The van der Waals surface area contributed by atoms with Crippen LogP contribution in [0.5, 0.6) is 0 Å².